The van der Waals surface area contributed by atoms with E-state index in [0.717, 1.165) is 17.4 Å². The van der Waals surface area contributed by atoms with E-state index in [4.69, 9.17) is 10.6 Å². The second-order valence-electron chi connectivity index (χ2n) is 8.06. The van der Waals surface area contributed by atoms with Gasteiger partial charge in [-0.2, -0.15) is 10.2 Å². The molecule has 0 saturated heterocycles. The van der Waals surface area contributed by atoms with E-state index in [1.807, 2.05) is 50.2 Å². The van der Waals surface area contributed by atoms with Gasteiger partial charge in [-0.25, -0.2) is 0 Å². The van der Waals surface area contributed by atoms with Gasteiger partial charge < -0.3 is 15.5 Å². The molecule has 3 aromatic carbocycles. The van der Waals surface area contributed by atoms with Crippen LogP contribution in [-0.4, -0.2) is 42.3 Å². The molecule has 36 heavy (non-hydrogen) atoms. The Bertz CT molecular complexity index is 1330. The summed E-state index contributed by atoms with van der Waals surface area (Å²) in [7, 11) is 0. The largest absolute Gasteiger partial charge is 0.399 e. The predicted octanol–water partition coefficient (Wildman–Crippen LogP) is 4.09. The highest BCUT2D eigenvalue weighted by Gasteiger charge is 2.24. The Kier molecular flexibility index (Phi) is 7.81. The highest BCUT2D eigenvalue weighted by Crippen LogP contribution is 2.28. The molecule has 1 aromatic heterocycles. The molecular weight excluding hydrogens is 478 g/mol. The molecule has 0 radical (unpaired) electrons. The second-order valence-corrected chi connectivity index (χ2v) is 8.98. The van der Waals surface area contributed by atoms with Crippen molar-refractivity contribution >= 4 is 28.6 Å². The van der Waals surface area contributed by atoms with Crippen LogP contribution in [0, 0.1) is 0 Å². The van der Waals surface area contributed by atoms with Gasteiger partial charge in [-0.3, -0.25) is 9.59 Å². The smallest absolute Gasteiger partial charge is 0.290 e. The highest BCUT2D eigenvalue weighted by atomic mass is 32.2. The molecule has 11 heteroatoms. The number of rotatable bonds is 8. The number of hydrogen-bond acceptors (Lipinski definition) is 8. The molecule has 3 N–H and O–H groups in total. The molecule has 0 bridgehead atoms. The fourth-order valence-electron chi connectivity index (χ4n) is 3.32. The molecule has 0 aliphatic carbocycles. The van der Waals surface area contributed by atoms with Gasteiger partial charge in [-0.1, -0.05) is 36.4 Å². The van der Waals surface area contributed by atoms with Crippen molar-refractivity contribution in [3.8, 4) is 11.4 Å². The summed E-state index contributed by atoms with van der Waals surface area (Å²) in [5.74, 6) is -0.00970. The van der Waals surface area contributed by atoms with Crippen molar-refractivity contribution in [1.29, 1.82) is 0 Å². The summed E-state index contributed by atoms with van der Waals surface area (Å²) in [6.07, 6.45) is 0. The predicted molar refractivity (Wildman–Crippen MR) is 136 cm³/mol. The zero-order valence-electron chi connectivity index (χ0n) is 19.7. The number of carbonyl (C=O) groups is 2. The quantitative estimate of drug-likeness (QED) is 0.209. The van der Waals surface area contributed by atoms with E-state index in [-0.39, 0.29) is 17.8 Å². The number of benzene rings is 3. The number of para-hydroxylation sites is 1. The van der Waals surface area contributed by atoms with E-state index in [1.54, 1.807) is 47.4 Å². The molecule has 0 unspecified atom stereocenters. The second kappa shape index (κ2) is 11.4. The van der Waals surface area contributed by atoms with Crippen LogP contribution in [0.15, 0.2) is 84.0 Å². The first-order valence-corrected chi connectivity index (χ1v) is 12.0. The van der Waals surface area contributed by atoms with Gasteiger partial charge in [0.25, 0.3) is 11.1 Å². The minimum atomic E-state index is -0.390. The average Bonchev–Trinajstić information content (AvgIpc) is 3.35. The Morgan fingerprint density at radius 2 is 1.75 bits per heavy atom. The van der Waals surface area contributed by atoms with Gasteiger partial charge in [0.2, 0.25) is 5.16 Å². The lowest BCUT2D eigenvalue weighted by atomic mass is 10.1. The monoisotopic (exact) mass is 503 g/mol. The van der Waals surface area contributed by atoms with Gasteiger partial charge in [-0.05, 0) is 66.7 Å². The molecule has 4 aromatic rings. The minimum absolute atomic E-state index is 0.153. The van der Waals surface area contributed by atoms with Crippen molar-refractivity contribution in [2.75, 3.05) is 5.73 Å². The Labute approximate surface area is 212 Å². The van der Waals surface area contributed by atoms with Crippen LogP contribution in [0.3, 0.4) is 0 Å². The zero-order chi connectivity index (χ0) is 25.5. The molecule has 4 rings (SSSR count). The minimum Gasteiger partial charge on any atom is -0.399 e. The Balaban J connectivity index is 1.50. The van der Waals surface area contributed by atoms with Crippen LogP contribution in [0.5, 0.6) is 5.75 Å². The first-order chi connectivity index (χ1) is 17.4. The number of nitrogen functional groups attached to an aromatic ring is 1. The van der Waals surface area contributed by atoms with E-state index >= 15 is 0 Å². The molecule has 2 amide bonds. The van der Waals surface area contributed by atoms with Crippen molar-refractivity contribution in [1.82, 2.24) is 30.6 Å². The molecule has 184 valence electrons. The van der Waals surface area contributed by atoms with E-state index in [0.29, 0.717) is 27.7 Å². The van der Waals surface area contributed by atoms with Crippen LogP contribution in [0.4, 0.5) is 10.5 Å². The first-order valence-electron chi connectivity index (χ1n) is 11.1. The third-order valence-electron chi connectivity index (χ3n) is 5.19. The fourth-order valence-corrected chi connectivity index (χ4v) is 4.18. The normalized spacial score (nSPS) is 10.8. The molecule has 10 nitrogen and oxygen atoms in total. The summed E-state index contributed by atoms with van der Waals surface area (Å²) in [5.41, 5.74) is 10.8. The van der Waals surface area contributed by atoms with Crippen molar-refractivity contribution in [2.45, 2.75) is 31.6 Å². The number of nitrogens with one attached hydrogen (secondary N) is 1. The summed E-state index contributed by atoms with van der Waals surface area (Å²) < 4.78 is 1.51. The lowest BCUT2D eigenvalue weighted by Gasteiger charge is -2.27. The molecule has 0 spiro atoms. The van der Waals surface area contributed by atoms with Gasteiger partial charge in [0.05, 0.1) is 12.2 Å². The highest BCUT2D eigenvalue weighted by molar-refractivity contribution is 8.13. The van der Waals surface area contributed by atoms with Gasteiger partial charge in [0.15, 0.2) is 5.75 Å². The van der Waals surface area contributed by atoms with E-state index in [1.165, 1.54) is 4.68 Å². The third kappa shape index (κ3) is 5.99. The van der Waals surface area contributed by atoms with Gasteiger partial charge in [-0.15, -0.1) is 5.10 Å². The average molecular weight is 504 g/mol. The van der Waals surface area contributed by atoms with Gasteiger partial charge in [0.1, 0.15) is 0 Å². The Hall–Kier alpha value is -4.38. The number of anilines is 1. The molecular formula is C25H25N7O3S. The number of thioether (sulfide) groups is 1. The first kappa shape index (κ1) is 24.7. The fraction of sp³-hybridized carbons (Fsp3) is 0.160. The van der Waals surface area contributed by atoms with Crippen molar-refractivity contribution in [3.63, 3.8) is 0 Å². The van der Waals surface area contributed by atoms with E-state index in [9.17, 15) is 9.59 Å². The summed E-state index contributed by atoms with van der Waals surface area (Å²) in [4.78, 5) is 33.0. The number of amides is 2. The standard InChI is InChI=1S/C25H25N7O3S/c1-17(2)31(25(34)36-24-27-29-30-32(24)21-11-7-4-8-12-21)16-19-15-20(26)13-14-22(19)35-28-23(33)18-9-5-3-6-10-18/h3-15,17H,16,26H2,1-2H3,(H,28,33). The number of hydrogen-bond donors (Lipinski definition) is 2. The van der Waals surface area contributed by atoms with Gasteiger partial charge >= 0.3 is 0 Å². The molecule has 1 heterocycles. The summed E-state index contributed by atoms with van der Waals surface area (Å²) >= 11 is 0.925. The summed E-state index contributed by atoms with van der Waals surface area (Å²) in [6, 6.07) is 22.9. The number of carbonyl (C=O) groups excluding carboxylic acids is 2. The van der Waals surface area contributed by atoms with Crippen molar-refractivity contribution in [3.05, 3.63) is 90.0 Å². The summed E-state index contributed by atoms with van der Waals surface area (Å²) in [6.45, 7) is 4.00. The molecule has 0 fully saturated rings. The SMILES string of the molecule is CC(C)N(Cc1cc(N)ccc1ONC(=O)c1ccccc1)C(=O)Sc1nnnn1-c1ccccc1. The van der Waals surface area contributed by atoms with Gasteiger partial charge in [0, 0.05) is 34.6 Å². The van der Waals surface area contributed by atoms with Crippen LogP contribution in [-0.2, 0) is 6.54 Å². The van der Waals surface area contributed by atoms with Crippen LogP contribution in [0.1, 0.15) is 29.8 Å². The number of hydroxylamine groups is 1. The third-order valence-corrected chi connectivity index (χ3v) is 6.04. The number of nitrogens with two attached hydrogens (primary N) is 1. The Morgan fingerprint density at radius 1 is 1.06 bits per heavy atom. The number of nitrogens with zero attached hydrogens (tertiary/aromatic N) is 5. The van der Waals surface area contributed by atoms with Crippen LogP contribution in [0.2, 0.25) is 0 Å². The maximum atomic E-state index is 13.3. The maximum absolute atomic E-state index is 13.3. The van der Waals surface area contributed by atoms with Crippen LogP contribution in [0.25, 0.3) is 5.69 Å². The molecule has 0 aliphatic rings. The number of aromatic nitrogens is 4. The molecule has 0 saturated carbocycles. The van der Waals surface area contributed by atoms with Crippen molar-refractivity contribution in [2.24, 2.45) is 0 Å². The lowest BCUT2D eigenvalue weighted by Crippen LogP contribution is -2.34. The Morgan fingerprint density at radius 3 is 2.44 bits per heavy atom. The molecule has 0 aliphatic heterocycles. The van der Waals surface area contributed by atoms with Crippen LogP contribution >= 0.6 is 11.8 Å². The van der Waals surface area contributed by atoms with Crippen LogP contribution < -0.4 is 16.1 Å². The van der Waals surface area contributed by atoms with Crippen molar-refractivity contribution < 1.29 is 14.4 Å². The van der Waals surface area contributed by atoms with E-state index < -0.39 is 5.91 Å². The topological polar surface area (TPSA) is 128 Å². The number of tetrazole rings is 1. The summed E-state index contributed by atoms with van der Waals surface area (Å²) in [5, 5.41) is 11.8. The molecule has 0 atom stereocenters. The van der Waals surface area contributed by atoms with E-state index in [2.05, 4.69) is 21.0 Å². The maximum Gasteiger partial charge on any atom is 0.290 e. The lowest BCUT2D eigenvalue weighted by molar-refractivity contribution is 0.0756. The zero-order valence-corrected chi connectivity index (χ0v) is 20.6.